The number of para-hydroxylation sites is 1. The number of aliphatic hydroxyl groups is 2. The maximum Gasteiger partial charge on any atom is 0.481 e. The van der Waals surface area contributed by atoms with Gasteiger partial charge in [-0.15, -0.1) is 11.8 Å². The van der Waals surface area contributed by atoms with Crippen molar-refractivity contribution in [2.45, 2.75) is 70.2 Å². The van der Waals surface area contributed by atoms with Gasteiger partial charge in [0.2, 0.25) is 11.8 Å². The van der Waals surface area contributed by atoms with Crippen LogP contribution in [0.2, 0.25) is 0 Å². The molecule has 3 aromatic heterocycles. The first-order valence-corrected chi connectivity index (χ1v) is 24.9. The van der Waals surface area contributed by atoms with Gasteiger partial charge in [-0.1, -0.05) is 32.0 Å². The predicted octanol–water partition coefficient (Wildman–Crippen LogP) is 1.73. The Kier molecular flexibility index (Phi) is 17.6. The van der Waals surface area contributed by atoms with Gasteiger partial charge in [-0.2, -0.15) is 4.31 Å². The third kappa shape index (κ3) is 14.5. The molecule has 0 bridgehead atoms. The lowest BCUT2D eigenvalue weighted by molar-refractivity contribution is -0.137. The molecule has 1 fully saturated rings. The van der Waals surface area contributed by atoms with E-state index in [9.17, 15) is 57.9 Å². The number of ether oxygens (including phenoxy) is 1. The maximum atomic E-state index is 12.7. The number of nitrogen functional groups attached to an aromatic ring is 1. The van der Waals surface area contributed by atoms with Crippen LogP contribution >= 0.6 is 35.2 Å². The molecule has 64 heavy (non-hydrogen) atoms. The number of aromatic nitrogens is 5. The van der Waals surface area contributed by atoms with Gasteiger partial charge in [0.1, 0.15) is 36.3 Å². The molecule has 1 aromatic carbocycles. The summed E-state index contributed by atoms with van der Waals surface area (Å²) in [5, 5.41) is 29.4. The standard InChI is InChI=1S/C35H49N8O17P3S/c1-35(2,30(47)33(48)38-12-10-26(45)37-13-15-64-14-11-22(44)7-5-6-21-16-39-24-9-4-3-8-23(21)24)18-57-63(54,55)60-62(52,53)56-17-25-29(59-61(49,50)51)28(46)34(58-25)43-20-42-27-31(36)40-19-41-32(27)43/h3-4,8-9,11,14,16,19-20,25,28-30,34,39,46-47H,5-7,10,12-13,15,17-18H2,1-2H3,(H,37,45)(H,38,48)(H,52,53)(H,54,55)(H2,36,40,41)(H2,49,50,51)/b14-11-/t25-,28-,29-,30?,34-/m1/s1. The van der Waals surface area contributed by atoms with Crippen molar-refractivity contribution in [3.8, 4) is 0 Å². The number of aromatic amines is 1. The van der Waals surface area contributed by atoms with Gasteiger partial charge in [-0.25, -0.2) is 28.6 Å². The number of thioether (sulfide) groups is 1. The van der Waals surface area contributed by atoms with Crippen LogP contribution in [-0.4, -0.2) is 128 Å². The Morgan fingerprint density at radius 3 is 2.53 bits per heavy atom. The van der Waals surface area contributed by atoms with E-state index in [0.717, 1.165) is 40.1 Å². The Morgan fingerprint density at radius 1 is 1.05 bits per heavy atom. The number of nitrogens with one attached hydrogen (secondary N) is 3. The zero-order valence-corrected chi connectivity index (χ0v) is 37.7. The zero-order valence-electron chi connectivity index (χ0n) is 34.2. The zero-order chi connectivity index (χ0) is 46.9. The van der Waals surface area contributed by atoms with Crippen LogP contribution in [-0.2, 0) is 57.1 Å². The molecule has 11 N–H and O–H groups in total. The second kappa shape index (κ2) is 22.0. The highest BCUT2D eigenvalue weighted by Gasteiger charge is 2.50. The number of ketones is 1. The van der Waals surface area contributed by atoms with Gasteiger partial charge >= 0.3 is 23.5 Å². The molecule has 1 aliphatic heterocycles. The minimum atomic E-state index is -5.58. The molecular weight excluding hydrogens is 929 g/mol. The van der Waals surface area contributed by atoms with E-state index in [4.69, 9.17) is 19.5 Å². The smallest absolute Gasteiger partial charge is 0.386 e. The molecule has 25 nitrogen and oxygen atoms in total. The number of rotatable bonds is 25. The number of phosphoric ester groups is 3. The average molecular weight is 979 g/mol. The van der Waals surface area contributed by atoms with Crippen molar-refractivity contribution in [3.63, 3.8) is 0 Å². The van der Waals surface area contributed by atoms with E-state index in [2.05, 4.69) is 39.4 Å². The average Bonchev–Trinajstić information content (AvgIpc) is 3.92. The number of amides is 2. The van der Waals surface area contributed by atoms with E-state index in [1.807, 2.05) is 30.5 Å². The molecule has 1 saturated heterocycles. The monoisotopic (exact) mass is 978 g/mol. The summed E-state index contributed by atoms with van der Waals surface area (Å²) in [6.07, 6.45) is -1.57. The second-order valence-electron chi connectivity index (χ2n) is 14.9. The van der Waals surface area contributed by atoms with Crippen molar-refractivity contribution in [1.82, 2.24) is 35.1 Å². The Morgan fingerprint density at radius 2 is 1.78 bits per heavy atom. The molecule has 7 atom stereocenters. The molecule has 1 aliphatic rings. The molecule has 0 saturated carbocycles. The highest BCUT2D eigenvalue weighted by Crippen LogP contribution is 2.61. The lowest BCUT2D eigenvalue weighted by Gasteiger charge is -2.30. The largest absolute Gasteiger partial charge is 0.481 e. The number of aryl methyl sites for hydroxylation is 1. The molecular formula is C35H49N8O17P3S. The maximum absolute atomic E-state index is 12.7. The normalized spacial score (nSPS) is 20.6. The molecule has 29 heteroatoms. The lowest BCUT2D eigenvalue weighted by atomic mass is 9.87. The van der Waals surface area contributed by atoms with Gasteiger partial charge in [0.05, 0.1) is 19.5 Å². The fraction of sp³-hybridized carbons (Fsp3) is 0.486. The van der Waals surface area contributed by atoms with Crippen LogP contribution in [0, 0.1) is 5.41 Å². The molecule has 4 aromatic rings. The summed E-state index contributed by atoms with van der Waals surface area (Å²) < 4.78 is 62.3. The number of nitrogens with two attached hydrogens (primary N) is 1. The molecule has 0 radical (unpaired) electrons. The number of benzene rings is 1. The van der Waals surface area contributed by atoms with Crippen molar-refractivity contribution in [1.29, 1.82) is 0 Å². The first-order valence-electron chi connectivity index (χ1n) is 19.3. The van der Waals surface area contributed by atoms with Crippen LogP contribution in [0.3, 0.4) is 0 Å². The van der Waals surface area contributed by atoms with E-state index in [-0.39, 0.29) is 42.3 Å². The van der Waals surface area contributed by atoms with E-state index < -0.39 is 84.6 Å². The number of hydrogen-bond acceptors (Lipinski definition) is 18. The van der Waals surface area contributed by atoms with Gasteiger partial charge in [0, 0.05) is 54.2 Å². The number of imidazole rings is 1. The highest BCUT2D eigenvalue weighted by atomic mass is 32.2. The molecule has 4 heterocycles. The highest BCUT2D eigenvalue weighted by molar-refractivity contribution is 8.02. The van der Waals surface area contributed by atoms with Crippen LogP contribution in [0.4, 0.5) is 5.82 Å². The number of hydrogen-bond donors (Lipinski definition) is 10. The molecule has 0 spiro atoms. The van der Waals surface area contributed by atoms with Crippen LogP contribution < -0.4 is 16.4 Å². The van der Waals surface area contributed by atoms with Gasteiger partial charge in [-0.05, 0) is 36.0 Å². The summed E-state index contributed by atoms with van der Waals surface area (Å²) >= 11 is 1.34. The van der Waals surface area contributed by atoms with Crippen molar-refractivity contribution < 1.29 is 80.5 Å². The molecule has 352 valence electrons. The summed E-state index contributed by atoms with van der Waals surface area (Å²) in [4.78, 5) is 91.5. The fourth-order valence-corrected chi connectivity index (χ4v) is 9.69. The van der Waals surface area contributed by atoms with E-state index >= 15 is 0 Å². The topological polar surface area (TPSA) is 379 Å². The molecule has 0 aliphatic carbocycles. The van der Waals surface area contributed by atoms with Crippen molar-refractivity contribution in [2.24, 2.45) is 5.41 Å². The number of anilines is 1. The van der Waals surface area contributed by atoms with Gasteiger partial charge < -0.3 is 55.9 Å². The lowest BCUT2D eigenvalue weighted by Crippen LogP contribution is -2.46. The van der Waals surface area contributed by atoms with Gasteiger partial charge in [0.25, 0.3) is 0 Å². The fourth-order valence-electron chi connectivity index (χ4n) is 6.26. The third-order valence-corrected chi connectivity index (χ3v) is 13.4. The third-order valence-electron chi connectivity index (χ3n) is 9.51. The van der Waals surface area contributed by atoms with Crippen molar-refractivity contribution in [3.05, 3.63) is 60.2 Å². The predicted molar refractivity (Wildman–Crippen MR) is 227 cm³/mol. The van der Waals surface area contributed by atoms with E-state index in [0.29, 0.717) is 18.6 Å². The number of aliphatic hydroxyl groups excluding tert-OH is 2. The number of nitrogens with zero attached hydrogens (tertiary/aromatic N) is 4. The van der Waals surface area contributed by atoms with Crippen LogP contribution in [0.25, 0.3) is 22.1 Å². The summed E-state index contributed by atoms with van der Waals surface area (Å²) in [5.74, 6) is -0.947. The van der Waals surface area contributed by atoms with E-state index in [1.54, 1.807) is 5.41 Å². The summed E-state index contributed by atoms with van der Waals surface area (Å²) in [7, 11) is -16.4. The van der Waals surface area contributed by atoms with Crippen LogP contribution in [0.15, 0.2) is 54.6 Å². The Balaban J connectivity index is 0.986. The number of phosphoric acid groups is 3. The minimum absolute atomic E-state index is 0.00653. The Hall–Kier alpha value is -3.94. The summed E-state index contributed by atoms with van der Waals surface area (Å²) in [6.45, 7) is 0.588. The summed E-state index contributed by atoms with van der Waals surface area (Å²) in [5.41, 5.74) is 6.48. The molecule has 2 amide bonds. The number of carbonyl (C=O) groups is 3. The first-order chi connectivity index (χ1) is 30.1. The van der Waals surface area contributed by atoms with Gasteiger partial charge in [0.15, 0.2) is 23.5 Å². The quantitative estimate of drug-likeness (QED) is 0.0257. The minimum Gasteiger partial charge on any atom is -0.386 e. The van der Waals surface area contributed by atoms with Crippen molar-refractivity contribution >= 4 is 80.7 Å². The SMILES string of the molecule is CC(C)(COP(=O)(O)OP(=O)(O)OC[C@H]1O[C@@H](n2cnc3c(N)ncnc32)[C@H](O)[C@@H]1OP(=O)(O)O)C(O)C(=O)NCCC(=O)NCCS/C=C\C(=O)CCCc1c[nH]c2ccccc12. The number of H-pyrrole nitrogens is 1. The first kappa shape index (κ1) is 51.1. The Labute approximate surface area is 369 Å². The van der Waals surface area contributed by atoms with Gasteiger partial charge in [-0.3, -0.25) is 32.5 Å². The number of carbonyl (C=O) groups excluding carboxylic acids is 3. The molecule has 5 rings (SSSR count). The van der Waals surface area contributed by atoms with Crippen LogP contribution in [0.5, 0.6) is 0 Å². The molecule has 3 unspecified atom stereocenters. The Bertz CT molecular complexity index is 2450. The van der Waals surface area contributed by atoms with Crippen molar-refractivity contribution in [2.75, 3.05) is 37.8 Å². The summed E-state index contributed by atoms with van der Waals surface area (Å²) in [6, 6.07) is 7.97. The number of fused-ring (bicyclic) bond motifs is 2. The van der Waals surface area contributed by atoms with E-state index in [1.165, 1.54) is 31.7 Å². The van der Waals surface area contributed by atoms with Crippen LogP contribution in [0.1, 0.15) is 44.9 Å². The number of allylic oxidation sites excluding steroid dienone is 1. The second-order valence-corrected chi connectivity index (χ2v) is 20.2.